The Hall–Kier alpha value is -1.76. The van der Waals surface area contributed by atoms with E-state index < -0.39 is 0 Å². The minimum atomic E-state index is 0.0507. The van der Waals surface area contributed by atoms with Crippen LogP contribution in [0.4, 0.5) is 0 Å². The molecule has 6 nitrogen and oxygen atoms in total. The van der Waals surface area contributed by atoms with Crippen LogP contribution in [-0.4, -0.2) is 43.6 Å². The molecule has 1 aliphatic heterocycles. The van der Waals surface area contributed by atoms with Gasteiger partial charge in [-0.05, 0) is 40.3 Å². The molecule has 1 saturated heterocycles. The quantitative estimate of drug-likeness (QED) is 0.808. The number of pyridine rings is 1. The van der Waals surface area contributed by atoms with E-state index in [4.69, 9.17) is 0 Å². The van der Waals surface area contributed by atoms with E-state index in [0.29, 0.717) is 12.1 Å². The first kappa shape index (κ1) is 14.8. The third kappa shape index (κ3) is 2.38. The fourth-order valence-electron chi connectivity index (χ4n) is 3.94. The maximum Gasteiger partial charge on any atom is 0.255 e. The van der Waals surface area contributed by atoms with E-state index in [0.717, 1.165) is 29.7 Å². The molecular formula is C16H18BrN5O. The van der Waals surface area contributed by atoms with Crippen LogP contribution >= 0.6 is 15.9 Å². The summed E-state index contributed by atoms with van der Waals surface area (Å²) in [5.41, 5.74) is 0.808. The van der Waals surface area contributed by atoms with Gasteiger partial charge < -0.3 is 9.47 Å². The zero-order valence-corrected chi connectivity index (χ0v) is 14.5. The van der Waals surface area contributed by atoms with Gasteiger partial charge in [-0.2, -0.15) is 0 Å². The lowest BCUT2D eigenvalue weighted by Crippen LogP contribution is -2.38. The number of likely N-dealkylation sites (tertiary alicyclic amines) is 1. The molecule has 1 unspecified atom stereocenters. The maximum absolute atomic E-state index is 12.8. The monoisotopic (exact) mass is 375 g/mol. The van der Waals surface area contributed by atoms with Crippen LogP contribution in [0.1, 0.15) is 41.4 Å². The third-order valence-corrected chi connectivity index (χ3v) is 5.73. The Morgan fingerprint density at radius 2 is 2.22 bits per heavy atom. The molecule has 1 aliphatic carbocycles. The van der Waals surface area contributed by atoms with Crippen molar-refractivity contribution in [2.75, 3.05) is 13.1 Å². The Balaban J connectivity index is 1.63. The molecule has 1 spiro atoms. The van der Waals surface area contributed by atoms with Crippen LogP contribution in [0.15, 0.2) is 29.3 Å². The largest absolute Gasteiger partial charge is 0.337 e. The number of aryl methyl sites for hydroxylation is 1. The second kappa shape index (κ2) is 5.40. The smallest absolute Gasteiger partial charge is 0.255 e. The summed E-state index contributed by atoms with van der Waals surface area (Å²) in [6, 6.07) is 1.83. The molecule has 0 bridgehead atoms. The number of nitrogens with zero attached hydrogens (tertiary/aromatic N) is 5. The second-order valence-electron chi connectivity index (χ2n) is 6.65. The minimum absolute atomic E-state index is 0.0507. The van der Waals surface area contributed by atoms with Crippen molar-refractivity contribution >= 4 is 21.8 Å². The van der Waals surface area contributed by atoms with Gasteiger partial charge in [-0.1, -0.05) is 6.42 Å². The van der Waals surface area contributed by atoms with Gasteiger partial charge in [0.2, 0.25) is 0 Å². The zero-order chi connectivity index (χ0) is 16.0. The Bertz CT molecular complexity index is 754. The molecule has 2 aromatic rings. The Labute approximate surface area is 143 Å². The van der Waals surface area contributed by atoms with Crippen LogP contribution in [0.5, 0.6) is 0 Å². The molecule has 0 aromatic carbocycles. The van der Waals surface area contributed by atoms with Crippen molar-refractivity contribution in [3.8, 4) is 0 Å². The highest BCUT2D eigenvalue weighted by Crippen LogP contribution is 2.55. The van der Waals surface area contributed by atoms with Gasteiger partial charge in [0.25, 0.3) is 5.91 Å². The predicted molar refractivity (Wildman–Crippen MR) is 87.9 cm³/mol. The van der Waals surface area contributed by atoms with Crippen molar-refractivity contribution in [3.63, 3.8) is 0 Å². The molecular weight excluding hydrogens is 358 g/mol. The van der Waals surface area contributed by atoms with Crippen molar-refractivity contribution in [2.24, 2.45) is 12.5 Å². The highest BCUT2D eigenvalue weighted by molar-refractivity contribution is 9.10. The number of aromatic nitrogens is 4. The summed E-state index contributed by atoms with van der Waals surface area (Å²) in [6.07, 6.45) is 8.61. The Morgan fingerprint density at radius 3 is 2.83 bits per heavy atom. The number of rotatable bonds is 2. The number of carbonyl (C=O) groups is 1. The van der Waals surface area contributed by atoms with Gasteiger partial charge in [-0.15, -0.1) is 10.2 Å². The SMILES string of the molecule is Cn1cnnc1C1CN(C(=O)c2cncc(Br)c2)CC12CCC2. The number of carbonyl (C=O) groups excluding carboxylic acids is 1. The van der Waals surface area contributed by atoms with E-state index in [-0.39, 0.29) is 17.2 Å². The van der Waals surface area contributed by atoms with Crippen LogP contribution < -0.4 is 0 Å². The fraction of sp³-hybridized carbons (Fsp3) is 0.500. The molecule has 0 N–H and O–H groups in total. The summed E-state index contributed by atoms with van der Waals surface area (Å²) in [6.45, 7) is 1.51. The van der Waals surface area contributed by atoms with Crippen molar-refractivity contribution < 1.29 is 4.79 Å². The zero-order valence-electron chi connectivity index (χ0n) is 12.9. The summed E-state index contributed by atoms with van der Waals surface area (Å²) in [5, 5.41) is 8.33. The summed E-state index contributed by atoms with van der Waals surface area (Å²) in [7, 11) is 1.98. The number of hydrogen-bond donors (Lipinski definition) is 0. The lowest BCUT2D eigenvalue weighted by molar-refractivity contribution is 0.0723. The van der Waals surface area contributed by atoms with Gasteiger partial charge in [-0.25, -0.2) is 0 Å². The van der Waals surface area contributed by atoms with Crippen molar-refractivity contribution in [1.29, 1.82) is 0 Å². The Kier molecular flexibility index (Phi) is 3.48. The highest BCUT2D eigenvalue weighted by atomic mass is 79.9. The standard InChI is InChI=1S/C16H18BrN5O/c1-21-10-19-20-14(21)13-8-22(9-16(13)3-2-4-16)15(23)11-5-12(17)7-18-6-11/h5-7,10,13H,2-4,8-9H2,1H3. The average Bonchev–Trinajstić information content (AvgIpc) is 3.09. The molecule has 1 amide bonds. The maximum atomic E-state index is 12.8. The fourth-order valence-corrected chi connectivity index (χ4v) is 4.30. The van der Waals surface area contributed by atoms with E-state index in [1.54, 1.807) is 18.7 Å². The third-order valence-electron chi connectivity index (χ3n) is 5.29. The summed E-state index contributed by atoms with van der Waals surface area (Å²) < 4.78 is 2.81. The Morgan fingerprint density at radius 1 is 1.39 bits per heavy atom. The van der Waals surface area contributed by atoms with E-state index in [1.165, 1.54) is 6.42 Å². The first-order valence-corrected chi connectivity index (χ1v) is 8.62. The molecule has 1 saturated carbocycles. The lowest BCUT2D eigenvalue weighted by atomic mass is 9.62. The lowest BCUT2D eigenvalue weighted by Gasteiger charge is -2.42. The van der Waals surface area contributed by atoms with Crippen molar-refractivity contribution in [2.45, 2.75) is 25.2 Å². The molecule has 0 radical (unpaired) electrons. The molecule has 2 aliphatic rings. The topological polar surface area (TPSA) is 63.9 Å². The molecule has 2 fully saturated rings. The van der Waals surface area contributed by atoms with Gasteiger partial charge in [0, 0.05) is 42.9 Å². The van der Waals surface area contributed by atoms with Crippen molar-refractivity contribution in [3.05, 3.63) is 40.6 Å². The second-order valence-corrected chi connectivity index (χ2v) is 7.56. The normalized spacial score (nSPS) is 22.3. The highest BCUT2D eigenvalue weighted by Gasteiger charge is 2.53. The molecule has 4 rings (SSSR count). The molecule has 1 atom stereocenters. The molecule has 2 aromatic heterocycles. The van der Waals surface area contributed by atoms with E-state index in [2.05, 4.69) is 31.1 Å². The average molecular weight is 376 g/mol. The van der Waals surface area contributed by atoms with Crippen LogP contribution in [0.3, 0.4) is 0 Å². The molecule has 23 heavy (non-hydrogen) atoms. The van der Waals surface area contributed by atoms with E-state index >= 15 is 0 Å². The van der Waals surface area contributed by atoms with Gasteiger partial charge in [0.1, 0.15) is 12.2 Å². The van der Waals surface area contributed by atoms with Gasteiger partial charge in [0.05, 0.1) is 5.56 Å². The van der Waals surface area contributed by atoms with Gasteiger partial charge >= 0.3 is 0 Å². The first-order chi connectivity index (χ1) is 11.1. The summed E-state index contributed by atoms with van der Waals surface area (Å²) in [4.78, 5) is 18.9. The van der Waals surface area contributed by atoms with E-state index in [9.17, 15) is 4.79 Å². The summed E-state index contributed by atoms with van der Waals surface area (Å²) in [5.74, 6) is 1.31. The van der Waals surface area contributed by atoms with Crippen LogP contribution in [0.2, 0.25) is 0 Å². The van der Waals surface area contributed by atoms with Gasteiger partial charge in [-0.3, -0.25) is 9.78 Å². The van der Waals surface area contributed by atoms with Crippen LogP contribution in [-0.2, 0) is 7.05 Å². The number of amides is 1. The van der Waals surface area contributed by atoms with Crippen LogP contribution in [0, 0.1) is 5.41 Å². The minimum Gasteiger partial charge on any atom is -0.337 e. The number of hydrogen-bond acceptors (Lipinski definition) is 4. The first-order valence-electron chi connectivity index (χ1n) is 7.83. The van der Waals surface area contributed by atoms with Crippen LogP contribution in [0.25, 0.3) is 0 Å². The summed E-state index contributed by atoms with van der Waals surface area (Å²) >= 11 is 3.38. The number of halogens is 1. The predicted octanol–water partition coefficient (Wildman–Crippen LogP) is 2.38. The molecule has 3 heterocycles. The van der Waals surface area contributed by atoms with Crippen molar-refractivity contribution in [1.82, 2.24) is 24.6 Å². The van der Waals surface area contributed by atoms with Gasteiger partial charge in [0.15, 0.2) is 0 Å². The van der Waals surface area contributed by atoms with E-state index in [1.807, 2.05) is 22.6 Å². The molecule has 7 heteroatoms. The molecule has 120 valence electrons.